The van der Waals surface area contributed by atoms with Gasteiger partial charge < -0.3 is 15.3 Å². The molecular weight excluding hydrogens is 339 g/mol. The lowest BCUT2D eigenvalue weighted by Gasteiger charge is -2.20. The molecule has 138 valence electrons. The third-order valence-corrected chi connectivity index (χ3v) is 4.75. The van der Waals surface area contributed by atoms with Crippen molar-refractivity contribution in [3.63, 3.8) is 0 Å². The van der Waals surface area contributed by atoms with Gasteiger partial charge in [0, 0.05) is 24.3 Å². The van der Waals surface area contributed by atoms with Gasteiger partial charge in [0.1, 0.15) is 5.82 Å². The van der Waals surface area contributed by atoms with Crippen LogP contribution in [0.15, 0.2) is 30.5 Å². The lowest BCUT2D eigenvalue weighted by molar-refractivity contribution is -0.141. The number of aromatic nitrogens is 2. The molecule has 1 aliphatic rings. The molecule has 2 heterocycles. The number of nitrogens with one attached hydrogen (secondary N) is 1. The molecule has 1 saturated heterocycles. The summed E-state index contributed by atoms with van der Waals surface area (Å²) in [6.07, 6.45) is 2.15. The number of carbonyl (C=O) groups is 2. The summed E-state index contributed by atoms with van der Waals surface area (Å²) in [4.78, 5) is 24.9. The van der Waals surface area contributed by atoms with Gasteiger partial charge in [0.2, 0.25) is 0 Å². The topological polar surface area (TPSA) is 87.5 Å². The van der Waals surface area contributed by atoms with E-state index in [1.165, 1.54) is 17.0 Å². The molecule has 2 N–H and O–H groups in total. The lowest BCUT2D eigenvalue weighted by Crippen LogP contribution is -2.40. The van der Waals surface area contributed by atoms with Crippen LogP contribution in [0.1, 0.15) is 30.6 Å². The highest BCUT2D eigenvalue weighted by atomic mass is 19.1. The summed E-state index contributed by atoms with van der Waals surface area (Å²) in [7, 11) is 0. The summed E-state index contributed by atoms with van der Waals surface area (Å²) in [5.41, 5.74) is 2.42. The molecular formula is C18H21FN4O3. The average molecular weight is 360 g/mol. The Balaban J connectivity index is 1.69. The van der Waals surface area contributed by atoms with Crippen molar-refractivity contribution in [1.29, 1.82) is 0 Å². The highest BCUT2D eigenvalue weighted by Crippen LogP contribution is 2.22. The van der Waals surface area contributed by atoms with Crippen molar-refractivity contribution in [2.45, 2.75) is 26.3 Å². The Hall–Kier alpha value is -2.90. The van der Waals surface area contributed by atoms with E-state index in [0.29, 0.717) is 13.0 Å². The van der Waals surface area contributed by atoms with Crippen LogP contribution in [0.25, 0.3) is 5.69 Å². The minimum atomic E-state index is -0.871. The van der Waals surface area contributed by atoms with Crippen LogP contribution in [0.4, 0.5) is 9.18 Å². The second-order valence-corrected chi connectivity index (χ2v) is 6.51. The van der Waals surface area contributed by atoms with Crippen molar-refractivity contribution >= 4 is 12.0 Å². The quantitative estimate of drug-likeness (QED) is 0.877. The van der Waals surface area contributed by atoms with E-state index in [9.17, 15) is 14.0 Å². The number of carboxylic acids is 1. The summed E-state index contributed by atoms with van der Waals surface area (Å²) >= 11 is 0. The third-order valence-electron chi connectivity index (χ3n) is 4.75. The third kappa shape index (κ3) is 3.54. The van der Waals surface area contributed by atoms with Crippen LogP contribution in [0.5, 0.6) is 0 Å². The predicted molar refractivity (Wildman–Crippen MR) is 92.5 cm³/mol. The Morgan fingerprint density at radius 3 is 2.65 bits per heavy atom. The van der Waals surface area contributed by atoms with E-state index in [4.69, 9.17) is 5.11 Å². The second-order valence-electron chi connectivity index (χ2n) is 6.51. The molecule has 7 nitrogen and oxygen atoms in total. The van der Waals surface area contributed by atoms with E-state index in [1.807, 2.05) is 13.8 Å². The Morgan fingerprint density at radius 2 is 2.04 bits per heavy atom. The summed E-state index contributed by atoms with van der Waals surface area (Å²) in [5, 5.41) is 16.3. The number of hydrogen-bond acceptors (Lipinski definition) is 3. The summed E-state index contributed by atoms with van der Waals surface area (Å²) in [6.45, 7) is 4.39. The predicted octanol–water partition coefficient (Wildman–Crippen LogP) is 2.50. The average Bonchev–Trinajstić information content (AvgIpc) is 3.23. The van der Waals surface area contributed by atoms with Crippen molar-refractivity contribution in [3.8, 4) is 5.69 Å². The fourth-order valence-corrected chi connectivity index (χ4v) is 3.19. The Labute approximate surface area is 150 Å². The van der Waals surface area contributed by atoms with E-state index in [-0.39, 0.29) is 24.4 Å². The van der Waals surface area contributed by atoms with Gasteiger partial charge >= 0.3 is 12.0 Å². The molecule has 1 aromatic carbocycles. The number of likely N-dealkylation sites (tertiary alicyclic amines) is 1. The molecule has 1 aromatic heterocycles. The van der Waals surface area contributed by atoms with Crippen molar-refractivity contribution < 1.29 is 19.1 Å². The standard InChI is InChI=1S/C18H21FN4O3/c1-11(21-18(26)22-8-7-13(10-22)17(24)25)16-9-20-23(12(16)2)15-5-3-14(19)4-6-15/h3-6,9,11,13H,7-8,10H2,1-2H3,(H,21,26)(H,24,25). The first-order valence-electron chi connectivity index (χ1n) is 8.45. The molecule has 2 amide bonds. The maximum Gasteiger partial charge on any atom is 0.317 e. The highest BCUT2D eigenvalue weighted by Gasteiger charge is 2.31. The molecule has 1 fully saturated rings. The van der Waals surface area contributed by atoms with Crippen LogP contribution in [-0.2, 0) is 4.79 Å². The fourth-order valence-electron chi connectivity index (χ4n) is 3.19. The number of carboxylic acid groups (broad SMARTS) is 1. The van der Waals surface area contributed by atoms with Crippen LogP contribution in [-0.4, -0.2) is 44.9 Å². The monoisotopic (exact) mass is 360 g/mol. The molecule has 3 rings (SSSR count). The van der Waals surface area contributed by atoms with Gasteiger partial charge in [0.15, 0.2) is 0 Å². The van der Waals surface area contributed by atoms with E-state index in [2.05, 4.69) is 10.4 Å². The molecule has 2 unspecified atom stereocenters. The number of amides is 2. The smallest absolute Gasteiger partial charge is 0.317 e. The highest BCUT2D eigenvalue weighted by molar-refractivity contribution is 5.77. The van der Waals surface area contributed by atoms with E-state index in [1.54, 1.807) is 23.0 Å². The number of carbonyl (C=O) groups excluding carboxylic acids is 1. The van der Waals surface area contributed by atoms with E-state index >= 15 is 0 Å². The van der Waals surface area contributed by atoms with Gasteiger partial charge in [-0.2, -0.15) is 5.10 Å². The zero-order valence-electron chi connectivity index (χ0n) is 14.6. The van der Waals surface area contributed by atoms with Gasteiger partial charge in [-0.05, 0) is 44.5 Å². The van der Waals surface area contributed by atoms with Gasteiger partial charge in [0.25, 0.3) is 0 Å². The summed E-state index contributed by atoms with van der Waals surface area (Å²) < 4.78 is 14.8. The van der Waals surface area contributed by atoms with Crippen LogP contribution in [0.3, 0.4) is 0 Å². The minimum absolute atomic E-state index is 0.224. The summed E-state index contributed by atoms with van der Waals surface area (Å²) in [5.74, 6) is -1.69. The number of halogens is 1. The van der Waals surface area contributed by atoms with Gasteiger partial charge in [-0.3, -0.25) is 4.79 Å². The van der Waals surface area contributed by atoms with Crippen LogP contribution in [0, 0.1) is 18.7 Å². The van der Waals surface area contributed by atoms with Gasteiger partial charge in [-0.15, -0.1) is 0 Å². The second kappa shape index (κ2) is 7.15. The largest absolute Gasteiger partial charge is 0.481 e. The zero-order chi connectivity index (χ0) is 18.8. The number of urea groups is 1. The zero-order valence-corrected chi connectivity index (χ0v) is 14.6. The molecule has 2 atom stereocenters. The lowest BCUT2D eigenvalue weighted by atomic mass is 10.1. The molecule has 26 heavy (non-hydrogen) atoms. The number of aliphatic carboxylic acids is 1. The maximum absolute atomic E-state index is 13.1. The fraction of sp³-hybridized carbons (Fsp3) is 0.389. The van der Waals surface area contributed by atoms with Crippen molar-refractivity contribution in [2.75, 3.05) is 13.1 Å². The van der Waals surface area contributed by atoms with E-state index < -0.39 is 11.9 Å². The first-order chi connectivity index (χ1) is 12.4. The molecule has 0 spiro atoms. The maximum atomic E-state index is 13.1. The Bertz CT molecular complexity index is 818. The summed E-state index contributed by atoms with van der Waals surface area (Å²) in [6, 6.07) is 5.44. The van der Waals surface area contributed by atoms with Gasteiger partial charge in [-0.25, -0.2) is 13.9 Å². The Kier molecular flexibility index (Phi) is 4.92. The van der Waals surface area contributed by atoms with Crippen molar-refractivity contribution in [1.82, 2.24) is 20.0 Å². The minimum Gasteiger partial charge on any atom is -0.481 e. The molecule has 0 bridgehead atoms. The Morgan fingerprint density at radius 1 is 1.35 bits per heavy atom. The number of nitrogens with zero attached hydrogens (tertiary/aromatic N) is 3. The number of hydrogen-bond donors (Lipinski definition) is 2. The first-order valence-corrected chi connectivity index (χ1v) is 8.45. The molecule has 8 heteroatoms. The molecule has 1 aliphatic heterocycles. The number of benzene rings is 1. The molecule has 0 radical (unpaired) electrons. The molecule has 0 saturated carbocycles. The first kappa shape index (κ1) is 17.9. The normalized spacial score (nSPS) is 18.0. The van der Waals surface area contributed by atoms with Crippen molar-refractivity contribution in [2.24, 2.45) is 5.92 Å². The van der Waals surface area contributed by atoms with Crippen molar-refractivity contribution in [3.05, 3.63) is 47.5 Å². The SMILES string of the molecule is Cc1c(C(C)NC(=O)N2CCC(C(=O)O)C2)cnn1-c1ccc(F)cc1. The molecule has 2 aromatic rings. The van der Waals surface area contributed by atoms with E-state index in [0.717, 1.165) is 16.9 Å². The van der Waals surface area contributed by atoms with Crippen LogP contribution < -0.4 is 5.32 Å². The van der Waals surface area contributed by atoms with Crippen LogP contribution in [0.2, 0.25) is 0 Å². The molecule has 0 aliphatic carbocycles. The number of rotatable bonds is 4. The van der Waals surface area contributed by atoms with Crippen LogP contribution >= 0.6 is 0 Å². The van der Waals surface area contributed by atoms with Gasteiger partial charge in [-0.1, -0.05) is 0 Å². The van der Waals surface area contributed by atoms with Gasteiger partial charge in [0.05, 0.1) is 23.8 Å².